The summed E-state index contributed by atoms with van der Waals surface area (Å²) < 4.78 is 0. The SMILES string of the molecule is Clc1ccc(CC(Cl)C2CCCCCC2)cc1. The fourth-order valence-electron chi connectivity index (χ4n) is 2.68. The van der Waals surface area contributed by atoms with Crippen molar-refractivity contribution in [1.82, 2.24) is 0 Å². The summed E-state index contributed by atoms with van der Waals surface area (Å²) in [4.78, 5) is 0. The van der Waals surface area contributed by atoms with Gasteiger partial charge in [0.25, 0.3) is 0 Å². The molecule has 0 heterocycles. The Labute approximate surface area is 114 Å². The maximum Gasteiger partial charge on any atom is 0.0406 e. The number of hydrogen-bond donors (Lipinski definition) is 0. The molecule has 0 radical (unpaired) electrons. The minimum Gasteiger partial charge on any atom is -0.122 e. The van der Waals surface area contributed by atoms with Crippen molar-refractivity contribution < 1.29 is 0 Å². The van der Waals surface area contributed by atoms with Gasteiger partial charge in [0.15, 0.2) is 0 Å². The van der Waals surface area contributed by atoms with E-state index in [-0.39, 0.29) is 5.38 Å². The van der Waals surface area contributed by atoms with Crippen LogP contribution in [0.5, 0.6) is 0 Å². The molecule has 0 aromatic heterocycles. The Hall–Kier alpha value is -0.200. The highest BCUT2D eigenvalue weighted by Gasteiger charge is 2.20. The summed E-state index contributed by atoms with van der Waals surface area (Å²) in [6.07, 6.45) is 9.08. The molecule has 1 aromatic carbocycles. The van der Waals surface area contributed by atoms with Crippen molar-refractivity contribution in [3.63, 3.8) is 0 Å². The van der Waals surface area contributed by atoms with Gasteiger partial charge < -0.3 is 0 Å². The molecule has 1 fully saturated rings. The van der Waals surface area contributed by atoms with Crippen LogP contribution < -0.4 is 0 Å². The zero-order valence-corrected chi connectivity index (χ0v) is 11.7. The van der Waals surface area contributed by atoms with E-state index in [1.165, 1.54) is 44.1 Å². The van der Waals surface area contributed by atoms with Crippen molar-refractivity contribution in [1.29, 1.82) is 0 Å². The average Bonchev–Trinajstić information content (AvgIpc) is 2.61. The smallest absolute Gasteiger partial charge is 0.0406 e. The Morgan fingerprint density at radius 1 is 1.00 bits per heavy atom. The molecule has 2 rings (SSSR count). The molecule has 0 N–H and O–H groups in total. The van der Waals surface area contributed by atoms with E-state index in [1.54, 1.807) is 0 Å². The van der Waals surface area contributed by atoms with Crippen LogP contribution in [-0.2, 0) is 6.42 Å². The molecule has 2 heteroatoms. The first-order chi connectivity index (χ1) is 8.25. The average molecular weight is 271 g/mol. The first kappa shape index (κ1) is 13.2. The summed E-state index contributed by atoms with van der Waals surface area (Å²) >= 11 is 12.5. The van der Waals surface area contributed by atoms with Crippen LogP contribution in [0.25, 0.3) is 0 Å². The van der Waals surface area contributed by atoms with E-state index in [0.717, 1.165) is 11.4 Å². The predicted octanol–water partition coefficient (Wildman–Crippen LogP) is 5.46. The van der Waals surface area contributed by atoms with Gasteiger partial charge in [0.2, 0.25) is 0 Å². The van der Waals surface area contributed by atoms with Crippen molar-refractivity contribution in [2.75, 3.05) is 0 Å². The van der Waals surface area contributed by atoms with E-state index in [0.29, 0.717) is 5.92 Å². The van der Waals surface area contributed by atoms with Crippen molar-refractivity contribution in [2.45, 2.75) is 50.3 Å². The van der Waals surface area contributed by atoms with Crippen LogP contribution >= 0.6 is 23.2 Å². The second-order valence-corrected chi connectivity index (χ2v) is 6.10. The number of alkyl halides is 1. The lowest BCUT2D eigenvalue weighted by molar-refractivity contribution is 0.435. The highest BCUT2D eigenvalue weighted by molar-refractivity contribution is 6.30. The third-order valence-corrected chi connectivity index (χ3v) is 4.52. The molecule has 0 amide bonds. The highest BCUT2D eigenvalue weighted by atomic mass is 35.5. The third kappa shape index (κ3) is 4.19. The molecule has 1 aliphatic carbocycles. The molecule has 1 aliphatic rings. The molecule has 1 unspecified atom stereocenters. The lowest BCUT2D eigenvalue weighted by Crippen LogP contribution is -2.16. The highest BCUT2D eigenvalue weighted by Crippen LogP contribution is 2.30. The van der Waals surface area contributed by atoms with Gasteiger partial charge in [-0.2, -0.15) is 0 Å². The van der Waals surface area contributed by atoms with Crippen LogP contribution in [0.4, 0.5) is 0 Å². The minimum atomic E-state index is 0.286. The molecule has 0 aliphatic heterocycles. The Morgan fingerprint density at radius 3 is 2.18 bits per heavy atom. The molecule has 0 bridgehead atoms. The van der Waals surface area contributed by atoms with E-state index >= 15 is 0 Å². The number of benzene rings is 1. The van der Waals surface area contributed by atoms with Crippen LogP contribution in [0.2, 0.25) is 5.02 Å². The van der Waals surface area contributed by atoms with Gasteiger partial charge in [0.05, 0.1) is 0 Å². The Morgan fingerprint density at radius 2 is 1.59 bits per heavy atom. The molecule has 0 saturated heterocycles. The van der Waals surface area contributed by atoms with Gasteiger partial charge >= 0.3 is 0 Å². The van der Waals surface area contributed by atoms with Crippen molar-refractivity contribution in [3.05, 3.63) is 34.9 Å². The number of hydrogen-bond acceptors (Lipinski definition) is 0. The largest absolute Gasteiger partial charge is 0.122 e. The van der Waals surface area contributed by atoms with Gasteiger partial charge in [0, 0.05) is 10.4 Å². The van der Waals surface area contributed by atoms with Gasteiger partial charge in [-0.25, -0.2) is 0 Å². The fraction of sp³-hybridized carbons (Fsp3) is 0.600. The van der Waals surface area contributed by atoms with E-state index < -0.39 is 0 Å². The molecule has 1 atom stereocenters. The summed E-state index contributed by atoms with van der Waals surface area (Å²) in [5.74, 6) is 0.704. The topological polar surface area (TPSA) is 0 Å². The van der Waals surface area contributed by atoms with Gasteiger partial charge in [-0.05, 0) is 42.9 Å². The maximum absolute atomic E-state index is 6.57. The molecule has 94 valence electrons. The minimum absolute atomic E-state index is 0.286. The standard InChI is InChI=1S/C15H20Cl2/c16-14-9-7-12(8-10-14)11-15(17)13-5-3-1-2-4-6-13/h7-10,13,15H,1-6,11H2. The summed E-state index contributed by atoms with van der Waals surface area (Å²) in [6.45, 7) is 0. The molecular weight excluding hydrogens is 251 g/mol. The summed E-state index contributed by atoms with van der Waals surface area (Å²) in [7, 11) is 0. The quantitative estimate of drug-likeness (QED) is 0.505. The molecule has 17 heavy (non-hydrogen) atoms. The van der Waals surface area contributed by atoms with Crippen LogP contribution in [0.1, 0.15) is 44.1 Å². The summed E-state index contributed by atoms with van der Waals surface area (Å²) in [5, 5.41) is 1.09. The van der Waals surface area contributed by atoms with Crippen molar-refractivity contribution >= 4 is 23.2 Å². The molecule has 0 nitrogen and oxygen atoms in total. The van der Waals surface area contributed by atoms with Gasteiger partial charge in [0.1, 0.15) is 0 Å². The van der Waals surface area contributed by atoms with E-state index in [2.05, 4.69) is 12.1 Å². The maximum atomic E-state index is 6.57. The summed E-state index contributed by atoms with van der Waals surface area (Å²) in [5.41, 5.74) is 1.30. The number of halogens is 2. The molecule has 0 spiro atoms. The van der Waals surface area contributed by atoms with Crippen LogP contribution in [0.3, 0.4) is 0 Å². The monoisotopic (exact) mass is 270 g/mol. The normalized spacial score (nSPS) is 19.9. The first-order valence-electron chi connectivity index (χ1n) is 6.64. The van der Waals surface area contributed by atoms with Gasteiger partial charge in [-0.3, -0.25) is 0 Å². The van der Waals surface area contributed by atoms with Crippen LogP contribution in [-0.4, -0.2) is 5.38 Å². The van der Waals surface area contributed by atoms with Crippen molar-refractivity contribution in [3.8, 4) is 0 Å². The fourth-order valence-corrected chi connectivity index (χ4v) is 3.24. The number of rotatable bonds is 3. The lowest BCUT2D eigenvalue weighted by Gasteiger charge is -2.20. The second-order valence-electron chi connectivity index (χ2n) is 5.10. The molecular formula is C15H20Cl2. The zero-order valence-electron chi connectivity index (χ0n) is 10.2. The van der Waals surface area contributed by atoms with Crippen LogP contribution in [0.15, 0.2) is 24.3 Å². The summed E-state index contributed by atoms with van der Waals surface area (Å²) in [6, 6.07) is 8.09. The van der Waals surface area contributed by atoms with E-state index in [9.17, 15) is 0 Å². The van der Waals surface area contributed by atoms with Crippen LogP contribution in [0, 0.1) is 5.92 Å². The Bertz CT molecular complexity index is 323. The molecule has 1 aromatic rings. The zero-order chi connectivity index (χ0) is 12.1. The Balaban J connectivity index is 1.90. The van der Waals surface area contributed by atoms with Gasteiger partial charge in [-0.1, -0.05) is 49.4 Å². The second kappa shape index (κ2) is 6.66. The van der Waals surface area contributed by atoms with Gasteiger partial charge in [-0.15, -0.1) is 11.6 Å². The predicted molar refractivity (Wildman–Crippen MR) is 76.0 cm³/mol. The first-order valence-corrected chi connectivity index (χ1v) is 7.45. The Kier molecular flexibility index (Phi) is 5.18. The molecule has 1 saturated carbocycles. The lowest BCUT2D eigenvalue weighted by atomic mass is 9.92. The van der Waals surface area contributed by atoms with Crippen molar-refractivity contribution in [2.24, 2.45) is 5.92 Å². The van der Waals surface area contributed by atoms with E-state index in [1.807, 2.05) is 12.1 Å². The third-order valence-electron chi connectivity index (χ3n) is 3.76. The van der Waals surface area contributed by atoms with E-state index in [4.69, 9.17) is 23.2 Å².